The first-order chi connectivity index (χ1) is 12.5. The number of nitrogens with zero attached hydrogens (tertiary/aromatic N) is 5. The van der Waals surface area contributed by atoms with Gasteiger partial charge in [0.2, 0.25) is 0 Å². The van der Waals surface area contributed by atoms with Crippen molar-refractivity contribution in [3.8, 4) is 0 Å². The zero-order valence-corrected chi connectivity index (χ0v) is 15.2. The predicted molar refractivity (Wildman–Crippen MR) is 96.8 cm³/mol. The molecule has 0 spiro atoms. The van der Waals surface area contributed by atoms with Gasteiger partial charge in [-0.2, -0.15) is 10.1 Å². The topological polar surface area (TPSA) is 85.1 Å². The summed E-state index contributed by atoms with van der Waals surface area (Å²) in [5.74, 6) is 0.886. The van der Waals surface area contributed by atoms with Crippen LogP contribution in [-0.2, 0) is 0 Å². The molecule has 3 heterocycles. The molecule has 1 aliphatic carbocycles. The second-order valence-corrected chi connectivity index (χ2v) is 7.24. The summed E-state index contributed by atoms with van der Waals surface area (Å²) < 4.78 is 1.68. The van der Waals surface area contributed by atoms with Gasteiger partial charge in [-0.05, 0) is 55.4 Å². The lowest BCUT2D eigenvalue weighted by atomic mass is 10.1. The number of rotatable bonds is 5. The average molecular weight is 350 g/mol. The molecule has 1 saturated carbocycles. The van der Waals surface area contributed by atoms with E-state index in [1.54, 1.807) is 16.8 Å². The summed E-state index contributed by atoms with van der Waals surface area (Å²) in [6.45, 7) is 6.15. The highest BCUT2D eigenvalue weighted by Crippen LogP contribution is 2.40. The maximum absolute atomic E-state index is 12.9. The van der Waals surface area contributed by atoms with Crippen LogP contribution in [0.5, 0.6) is 0 Å². The number of nitrogens with one attached hydrogen (secondary N) is 1. The van der Waals surface area contributed by atoms with Crippen LogP contribution in [0.15, 0.2) is 30.7 Å². The summed E-state index contributed by atoms with van der Waals surface area (Å²) in [4.78, 5) is 25.9. The van der Waals surface area contributed by atoms with Crippen LogP contribution in [0.1, 0.15) is 66.1 Å². The number of hydrogen-bond donors (Lipinski definition) is 1. The number of pyridine rings is 1. The van der Waals surface area contributed by atoms with E-state index in [0.717, 1.165) is 29.8 Å². The van der Waals surface area contributed by atoms with Crippen LogP contribution in [0.3, 0.4) is 0 Å². The van der Waals surface area contributed by atoms with E-state index in [1.165, 1.54) is 6.33 Å². The van der Waals surface area contributed by atoms with Crippen LogP contribution < -0.4 is 5.32 Å². The largest absolute Gasteiger partial charge is 0.342 e. The molecule has 0 aromatic carbocycles. The van der Waals surface area contributed by atoms with Crippen LogP contribution in [-0.4, -0.2) is 30.5 Å². The molecular weight excluding hydrogens is 328 g/mol. The van der Waals surface area contributed by atoms with Crippen LogP contribution in [0.2, 0.25) is 0 Å². The van der Waals surface area contributed by atoms with Gasteiger partial charge in [-0.1, -0.05) is 13.8 Å². The summed E-state index contributed by atoms with van der Waals surface area (Å²) in [6, 6.07) is 5.72. The van der Waals surface area contributed by atoms with Gasteiger partial charge in [-0.3, -0.25) is 9.78 Å². The van der Waals surface area contributed by atoms with Crippen molar-refractivity contribution in [2.45, 2.75) is 45.6 Å². The van der Waals surface area contributed by atoms with E-state index in [1.807, 2.05) is 19.1 Å². The van der Waals surface area contributed by atoms with E-state index in [4.69, 9.17) is 0 Å². The van der Waals surface area contributed by atoms with Crippen molar-refractivity contribution in [1.29, 1.82) is 0 Å². The third-order valence-corrected chi connectivity index (χ3v) is 4.74. The van der Waals surface area contributed by atoms with Crippen LogP contribution >= 0.6 is 0 Å². The van der Waals surface area contributed by atoms with Gasteiger partial charge in [0.25, 0.3) is 11.7 Å². The minimum absolute atomic E-state index is 0.0826. The molecule has 0 saturated heterocycles. The lowest BCUT2D eigenvalue weighted by molar-refractivity contribution is 0.0925. The highest BCUT2D eigenvalue weighted by molar-refractivity contribution is 5.93. The van der Waals surface area contributed by atoms with Crippen LogP contribution in [0.4, 0.5) is 0 Å². The van der Waals surface area contributed by atoms with E-state index >= 15 is 0 Å². The minimum atomic E-state index is -0.197. The first-order valence-corrected chi connectivity index (χ1v) is 8.97. The molecule has 1 amide bonds. The van der Waals surface area contributed by atoms with Gasteiger partial charge in [0, 0.05) is 6.20 Å². The molecule has 1 N–H and O–H groups in total. The Labute approximate surface area is 151 Å². The van der Waals surface area contributed by atoms with Gasteiger partial charge in [0.1, 0.15) is 12.0 Å². The zero-order chi connectivity index (χ0) is 18.3. The molecule has 134 valence electrons. The predicted octanol–water partition coefficient (Wildman–Crippen LogP) is 2.83. The Balaban J connectivity index is 1.65. The third-order valence-electron chi connectivity index (χ3n) is 4.74. The van der Waals surface area contributed by atoms with Gasteiger partial charge in [0.05, 0.1) is 17.4 Å². The first kappa shape index (κ1) is 16.6. The monoisotopic (exact) mass is 350 g/mol. The molecule has 0 unspecified atom stereocenters. The second kappa shape index (κ2) is 6.48. The number of fused-ring (bicyclic) bond motifs is 1. The standard InChI is InChI=1S/C19H22N6O/c1-11(2)16-9-15(23-19-21-10-22-25(16)19)18(26)24-17(13-4-5-13)14-8-12(3)6-7-20-14/h6-11,13,17H,4-5H2,1-3H3,(H,24,26)/t17-/m0/s1. The fourth-order valence-electron chi connectivity index (χ4n) is 3.17. The molecule has 0 bridgehead atoms. The molecule has 0 radical (unpaired) electrons. The van der Waals surface area contributed by atoms with E-state index < -0.39 is 0 Å². The summed E-state index contributed by atoms with van der Waals surface area (Å²) in [5, 5.41) is 7.34. The van der Waals surface area contributed by atoms with Gasteiger partial charge >= 0.3 is 0 Å². The van der Waals surface area contributed by atoms with E-state index in [0.29, 0.717) is 17.4 Å². The van der Waals surface area contributed by atoms with Crippen molar-refractivity contribution in [3.63, 3.8) is 0 Å². The van der Waals surface area contributed by atoms with Crippen molar-refractivity contribution in [2.24, 2.45) is 5.92 Å². The Kier molecular flexibility index (Phi) is 4.14. The average Bonchev–Trinajstić information content (AvgIpc) is 3.34. The molecule has 1 aliphatic rings. The highest BCUT2D eigenvalue weighted by atomic mass is 16.2. The molecule has 0 aliphatic heterocycles. The van der Waals surface area contributed by atoms with Crippen molar-refractivity contribution >= 4 is 11.7 Å². The van der Waals surface area contributed by atoms with Crippen LogP contribution in [0, 0.1) is 12.8 Å². The molecular formula is C19H22N6O. The van der Waals surface area contributed by atoms with Gasteiger partial charge in [-0.25, -0.2) is 9.50 Å². The summed E-state index contributed by atoms with van der Waals surface area (Å²) in [6.07, 6.45) is 5.46. The van der Waals surface area contributed by atoms with Gasteiger partial charge < -0.3 is 5.32 Å². The molecule has 7 nitrogen and oxygen atoms in total. The number of aryl methyl sites for hydroxylation is 1. The molecule has 3 aromatic heterocycles. The van der Waals surface area contributed by atoms with E-state index in [9.17, 15) is 4.79 Å². The summed E-state index contributed by atoms with van der Waals surface area (Å²) in [7, 11) is 0. The Hall–Kier alpha value is -2.83. The Morgan fingerprint density at radius 3 is 2.77 bits per heavy atom. The summed E-state index contributed by atoms with van der Waals surface area (Å²) in [5.41, 5.74) is 3.33. The fourth-order valence-corrected chi connectivity index (χ4v) is 3.17. The van der Waals surface area contributed by atoms with E-state index in [2.05, 4.69) is 39.2 Å². The lowest BCUT2D eigenvalue weighted by Gasteiger charge is -2.18. The van der Waals surface area contributed by atoms with Crippen molar-refractivity contribution < 1.29 is 4.79 Å². The van der Waals surface area contributed by atoms with E-state index in [-0.39, 0.29) is 17.9 Å². The van der Waals surface area contributed by atoms with Gasteiger partial charge in [-0.15, -0.1) is 0 Å². The molecule has 3 aromatic rings. The Bertz CT molecular complexity index is 960. The number of carbonyl (C=O) groups excluding carboxylic acids is 1. The quantitative estimate of drug-likeness (QED) is 0.765. The normalized spacial score (nSPS) is 15.4. The molecule has 26 heavy (non-hydrogen) atoms. The second-order valence-electron chi connectivity index (χ2n) is 7.24. The molecule has 1 fully saturated rings. The lowest BCUT2D eigenvalue weighted by Crippen LogP contribution is -2.31. The van der Waals surface area contributed by atoms with Crippen molar-refractivity contribution in [2.75, 3.05) is 0 Å². The van der Waals surface area contributed by atoms with Crippen molar-refractivity contribution in [1.82, 2.24) is 29.9 Å². The maximum Gasteiger partial charge on any atom is 0.270 e. The molecule has 1 atom stereocenters. The number of carbonyl (C=O) groups is 1. The Morgan fingerprint density at radius 1 is 1.27 bits per heavy atom. The minimum Gasteiger partial charge on any atom is -0.342 e. The number of aromatic nitrogens is 5. The van der Waals surface area contributed by atoms with Gasteiger partial charge in [0.15, 0.2) is 0 Å². The number of hydrogen-bond acceptors (Lipinski definition) is 5. The Morgan fingerprint density at radius 2 is 2.08 bits per heavy atom. The highest BCUT2D eigenvalue weighted by Gasteiger charge is 2.35. The molecule has 7 heteroatoms. The maximum atomic E-state index is 12.9. The fraction of sp³-hybridized carbons (Fsp3) is 0.421. The van der Waals surface area contributed by atoms with Crippen LogP contribution in [0.25, 0.3) is 5.78 Å². The van der Waals surface area contributed by atoms with Crippen molar-refractivity contribution in [3.05, 3.63) is 53.4 Å². The molecule has 4 rings (SSSR count). The zero-order valence-electron chi connectivity index (χ0n) is 15.2. The SMILES string of the molecule is Cc1ccnc([C@@H](NC(=O)c2cc(C(C)C)n3ncnc3n2)C2CC2)c1. The first-order valence-electron chi connectivity index (χ1n) is 8.97. The number of amides is 1. The third kappa shape index (κ3) is 3.16. The smallest absolute Gasteiger partial charge is 0.270 e. The summed E-state index contributed by atoms with van der Waals surface area (Å²) >= 11 is 0.